The predicted molar refractivity (Wildman–Crippen MR) is 79.0 cm³/mol. The van der Waals surface area contributed by atoms with Crippen LogP contribution in [-0.2, 0) is 16.4 Å². The fourth-order valence-electron chi connectivity index (χ4n) is 2.18. The quantitative estimate of drug-likeness (QED) is 0.746. The van der Waals surface area contributed by atoms with Crippen LogP contribution < -0.4 is 0 Å². The van der Waals surface area contributed by atoms with Crippen LogP contribution in [0, 0.1) is 0 Å². The first kappa shape index (κ1) is 15.2. The van der Waals surface area contributed by atoms with E-state index >= 15 is 0 Å². The van der Waals surface area contributed by atoms with Gasteiger partial charge >= 0.3 is 0 Å². The molecule has 0 aromatic heterocycles. The molecule has 1 aliphatic rings. The Morgan fingerprint density at radius 1 is 1.30 bits per heavy atom. The van der Waals surface area contributed by atoms with E-state index in [1.165, 1.54) is 4.31 Å². The van der Waals surface area contributed by atoms with Crippen LogP contribution >= 0.6 is 0 Å². The van der Waals surface area contributed by atoms with Gasteiger partial charge in [-0.2, -0.15) is 4.31 Å². The maximum absolute atomic E-state index is 12.6. The minimum Gasteiger partial charge on any atom is -0.396 e. The second-order valence-electron chi connectivity index (χ2n) is 5.07. The Kier molecular flexibility index (Phi) is 4.96. The first-order valence-electron chi connectivity index (χ1n) is 6.92. The number of aliphatic hydroxyl groups is 1. The molecular formula is C15H21NO3S. The zero-order chi connectivity index (χ0) is 14.6. The van der Waals surface area contributed by atoms with Crippen molar-refractivity contribution in [2.45, 2.75) is 36.6 Å². The molecule has 0 atom stereocenters. The van der Waals surface area contributed by atoms with Crippen LogP contribution in [0.25, 0.3) is 0 Å². The first-order chi connectivity index (χ1) is 9.59. The normalized spacial score (nSPS) is 15.5. The van der Waals surface area contributed by atoms with Gasteiger partial charge in [0.1, 0.15) is 0 Å². The minimum absolute atomic E-state index is 0.132. The Labute approximate surface area is 120 Å². The highest BCUT2D eigenvalue weighted by molar-refractivity contribution is 7.89. The van der Waals surface area contributed by atoms with E-state index in [1.807, 2.05) is 12.1 Å². The number of rotatable bonds is 8. The smallest absolute Gasteiger partial charge is 0.243 e. The molecule has 4 nitrogen and oxygen atoms in total. The highest BCUT2D eigenvalue weighted by Crippen LogP contribution is 2.31. The molecule has 0 bridgehead atoms. The third-order valence-corrected chi connectivity index (χ3v) is 5.35. The van der Waals surface area contributed by atoms with E-state index in [9.17, 15) is 8.42 Å². The van der Waals surface area contributed by atoms with Gasteiger partial charge in [0.05, 0.1) is 4.90 Å². The van der Waals surface area contributed by atoms with Gasteiger partial charge in [-0.15, -0.1) is 6.58 Å². The third kappa shape index (κ3) is 3.48. The van der Waals surface area contributed by atoms with Gasteiger partial charge in [-0.3, -0.25) is 0 Å². The van der Waals surface area contributed by atoms with E-state index in [4.69, 9.17) is 5.11 Å². The molecule has 1 aromatic carbocycles. The highest BCUT2D eigenvalue weighted by Gasteiger charge is 2.37. The molecule has 0 radical (unpaired) electrons. The van der Waals surface area contributed by atoms with Crippen molar-refractivity contribution in [2.75, 3.05) is 13.2 Å². The summed E-state index contributed by atoms with van der Waals surface area (Å²) in [6, 6.07) is 7.08. The minimum atomic E-state index is -3.42. The molecular weight excluding hydrogens is 274 g/mol. The van der Waals surface area contributed by atoms with Crippen LogP contribution in [0.15, 0.2) is 41.8 Å². The second-order valence-corrected chi connectivity index (χ2v) is 6.96. The Morgan fingerprint density at radius 3 is 2.45 bits per heavy atom. The summed E-state index contributed by atoms with van der Waals surface area (Å²) in [5, 5.41) is 8.80. The number of hydrogen-bond acceptors (Lipinski definition) is 3. The Hall–Kier alpha value is -1.17. The van der Waals surface area contributed by atoms with Gasteiger partial charge in [0.25, 0.3) is 0 Å². The van der Waals surface area contributed by atoms with Crippen molar-refractivity contribution < 1.29 is 13.5 Å². The van der Waals surface area contributed by atoms with Crippen molar-refractivity contribution >= 4 is 10.0 Å². The van der Waals surface area contributed by atoms with E-state index in [0.717, 1.165) is 24.8 Å². The predicted octanol–water partition coefficient (Wildman–Crippen LogP) is 1.95. The molecule has 5 heteroatoms. The zero-order valence-corrected chi connectivity index (χ0v) is 12.3. The van der Waals surface area contributed by atoms with Crippen molar-refractivity contribution in [1.82, 2.24) is 4.31 Å². The molecule has 2 rings (SSSR count). The van der Waals surface area contributed by atoms with E-state index in [2.05, 4.69) is 6.58 Å². The summed E-state index contributed by atoms with van der Waals surface area (Å²) in [6.07, 6.45) is 4.95. The van der Waals surface area contributed by atoms with Gasteiger partial charge < -0.3 is 5.11 Å². The van der Waals surface area contributed by atoms with E-state index < -0.39 is 10.0 Å². The lowest BCUT2D eigenvalue weighted by Gasteiger charge is -2.20. The van der Waals surface area contributed by atoms with Gasteiger partial charge in [-0.25, -0.2) is 8.42 Å². The van der Waals surface area contributed by atoms with Crippen LogP contribution in [0.3, 0.4) is 0 Å². The van der Waals surface area contributed by atoms with Gasteiger partial charge in [-0.1, -0.05) is 18.2 Å². The van der Waals surface area contributed by atoms with Crippen molar-refractivity contribution in [3.05, 3.63) is 42.5 Å². The van der Waals surface area contributed by atoms with Crippen molar-refractivity contribution in [3.8, 4) is 0 Å². The number of aryl methyl sites for hydroxylation is 1. The second kappa shape index (κ2) is 6.52. The van der Waals surface area contributed by atoms with Gasteiger partial charge in [0.2, 0.25) is 10.0 Å². The largest absolute Gasteiger partial charge is 0.396 e. The SMILES string of the molecule is C=CCN(C1CC1)S(=O)(=O)c1ccc(CCCO)cc1. The van der Waals surface area contributed by atoms with Gasteiger partial charge in [0, 0.05) is 19.2 Å². The Morgan fingerprint density at radius 2 is 1.95 bits per heavy atom. The summed E-state index contributed by atoms with van der Waals surface area (Å²) in [5.41, 5.74) is 1.04. The average Bonchev–Trinajstić information content (AvgIpc) is 3.27. The summed E-state index contributed by atoms with van der Waals surface area (Å²) in [5.74, 6) is 0. The monoisotopic (exact) mass is 295 g/mol. The number of nitrogens with zero attached hydrogens (tertiary/aromatic N) is 1. The zero-order valence-electron chi connectivity index (χ0n) is 11.5. The molecule has 0 amide bonds. The lowest BCUT2D eigenvalue weighted by molar-refractivity contribution is 0.288. The maximum Gasteiger partial charge on any atom is 0.243 e. The summed E-state index contributed by atoms with van der Waals surface area (Å²) >= 11 is 0. The number of sulfonamides is 1. The van der Waals surface area contributed by atoms with Crippen LogP contribution in [0.1, 0.15) is 24.8 Å². The van der Waals surface area contributed by atoms with Crippen LogP contribution in [0.2, 0.25) is 0 Å². The lowest BCUT2D eigenvalue weighted by atomic mass is 10.1. The number of aliphatic hydroxyl groups excluding tert-OH is 1. The van der Waals surface area contributed by atoms with E-state index in [1.54, 1.807) is 18.2 Å². The molecule has 0 unspecified atom stereocenters. The summed E-state index contributed by atoms with van der Waals surface area (Å²) in [4.78, 5) is 0.332. The third-order valence-electron chi connectivity index (χ3n) is 3.42. The fraction of sp³-hybridized carbons (Fsp3) is 0.467. The van der Waals surface area contributed by atoms with Gasteiger partial charge in [-0.05, 0) is 43.4 Å². The number of hydrogen-bond donors (Lipinski definition) is 1. The van der Waals surface area contributed by atoms with Crippen molar-refractivity contribution in [1.29, 1.82) is 0 Å². The Bertz CT molecular complexity index is 547. The summed E-state index contributed by atoms with van der Waals surface area (Å²) < 4.78 is 26.7. The first-order valence-corrected chi connectivity index (χ1v) is 8.36. The standard InChI is InChI=1S/C15H21NO3S/c1-2-11-16(14-7-8-14)20(18,19)15-9-5-13(6-10-15)4-3-12-17/h2,5-6,9-10,14,17H,1,3-4,7-8,11-12H2. The summed E-state index contributed by atoms with van der Waals surface area (Å²) in [6.45, 7) is 4.14. The topological polar surface area (TPSA) is 57.6 Å². The Balaban J connectivity index is 2.17. The van der Waals surface area contributed by atoms with Crippen LogP contribution in [0.5, 0.6) is 0 Å². The maximum atomic E-state index is 12.6. The molecule has 1 N–H and O–H groups in total. The number of benzene rings is 1. The van der Waals surface area contributed by atoms with E-state index in [0.29, 0.717) is 17.9 Å². The summed E-state index contributed by atoms with van der Waals surface area (Å²) in [7, 11) is -3.42. The molecule has 1 aliphatic carbocycles. The molecule has 0 aliphatic heterocycles. The fourth-order valence-corrected chi connectivity index (χ4v) is 3.84. The lowest BCUT2D eigenvalue weighted by Crippen LogP contribution is -2.33. The molecule has 0 spiro atoms. The van der Waals surface area contributed by atoms with Crippen molar-refractivity contribution in [2.24, 2.45) is 0 Å². The molecule has 110 valence electrons. The molecule has 0 heterocycles. The molecule has 1 saturated carbocycles. The van der Waals surface area contributed by atoms with E-state index in [-0.39, 0.29) is 12.6 Å². The van der Waals surface area contributed by atoms with Gasteiger partial charge in [0.15, 0.2) is 0 Å². The van der Waals surface area contributed by atoms with Crippen LogP contribution in [0.4, 0.5) is 0 Å². The molecule has 1 aromatic rings. The molecule has 1 fully saturated rings. The average molecular weight is 295 g/mol. The van der Waals surface area contributed by atoms with Crippen molar-refractivity contribution in [3.63, 3.8) is 0 Å². The van der Waals surface area contributed by atoms with Crippen LogP contribution in [-0.4, -0.2) is 37.0 Å². The molecule has 0 saturated heterocycles. The highest BCUT2D eigenvalue weighted by atomic mass is 32.2. The molecule has 20 heavy (non-hydrogen) atoms.